The molecule has 21 heavy (non-hydrogen) atoms. The molecule has 3 nitrogen and oxygen atoms in total. The molecule has 3 heteroatoms. The maximum atomic E-state index is 5.46. The van der Waals surface area contributed by atoms with Gasteiger partial charge >= 0.3 is 0 Å². The summed E-state index contributed by atoms with van der Waals surface area (Å²) in [6, 6.07) is 10.4. The van der Waals surface area contributed by atoms with Crippen LogP contribution in [0.25, 0.3) is 0 Å². The number of ether oxygens (including phenoxy) is 1. The average molecular weight is 284 g/mol. The highest BCUT2D eigenvalue weighted by Crippen LogP contribution is 2.26. The molecule has 1 aromatic carbocycles. The molecule has 1 heterocycles. The molecule has 1 atom stereocenters. The largest absolute Gasteiger partial charge is 0.494 e. The van der Waals surface area contributed by atoms with E-state index in [4.69, 9.17) is 4.74 Å². The van der Waals surface area contributed by atoms with Gasteiger partial charge in [-0.15, -0.1) is 0 Å². The minimum atomic E-state index is 0.219. The van der Waals surface area contributed by atoms with Gasteiger partial charge in [0.05, 0.1) is 12.6 Å². The fourth-order valence-corrected chi connectivity index (χ4v) is 2.82. The second kappa shape index (κ2) is 6.61. The molecule has 0 amide bonds. The molecule has 0 bridgehead atoms. The molecule has 0 aliphatic heterocycles. The van der Waals surface area contributed by atoms with Crippen LogP contribution in [0, 0.1) is 20.8 Å². The number of pyridine rings is 1. The van der Waals surface area contributed by atoms with E-state index in [1.165, 1.54) is 11.1 Å². The third-order valence-electron chi connectivity index (χ3n) is 3.57. The molecule has 0 aliphatic rings. The van der Waals surface area contributed by atoms with Crippen molar-refractivity contribution in [2.45, 2.75) is 40.7 Å². The predicted molar refractivity (Wildman–Crippen MR) is 88.1 cm³/mol. The summed E-state index contributed by atoms with van der Waals surface area (Å²) in [6.07, 6.45) is 0. The summed E-state index contributed by atoms with van der Waals surface area (Å²) in [5.41, 5.74) is 5.81. The number of aryl methyl sites for hydroxylation is 3. The molecule has 0 saturated carbocycles. The van der Waals surface area contributed by atoms with Gasteiger partial charge in [0.15, 0.2) is 0 Å². The summed E-state index contributed by atoms with van der Waals surface area (Å²) in [4.78, 5) is 4.58. The van der Waals surface area contributed by atoms with Crippen molar-refractivity contribution >= 4 is 5.69 Å². The lowest BCUT2D eigenvalue weighted by atomic mass is 10.00. The molecule has 0 fully saturated rings. The predicted octanol–water partition coefficient (Wildman–Crippen LogP) is 4.58. The van der Waals surface area contributed by atoms with Crippen molar-refractivity contribution in [2.75, 3.05) is 11.9 Å². The number of aromatic nitrogens is 1. The Morgan fingerprint density at radius 3 is 2.38 bits per heavy atom. The monoisotopic (exact) mass is 284 g/mol. The van der Waals surface area contributed by atoms with Crippen LogP contribution in [-0.2, 0) is 0 Å². The van der Waals surface area contributed by atoms with E-state index in [1.54, 1.807) is 0 Å². The van der Waals surface area contributed by atoms with Gasteiger partial charge in [-0.3, -0.25) is 4.98 Å². The molecular weight excluding hydrogens is 260 g/mol. The lowest BCUT2D eigenvalue weighted by molar-refractivity contribution is 0.340. The minimum absolute atomic E-state index is 0.219. The molecule has 2 rings (SSSR count). The van der Waals surface area contributed by atoms with Crippen LogP contribution in [0.2, 0.25) is 0 Å². The summed E-state index contributed by atoms with van der Waals surface area (Å²) < 4.78 is 5.46. The quantitative estimate of drug-likeness (QED) is 0.872. The third kappa shape index (κ3) is 3.75. The number of rotatable bonds is 5. The zero-order chi connectivity index (χ0) is 15.4. The van der Waals surface area contributed by atoms with E-state index in [2.05, 4.69) is 37.1 Å². The number of benzene rings is 1. The standard InChI is InChI=1S/C18H24N2O/c1-6-21-17-9-7-16(8-10-17)20-15(5)18-12(2)11-13(3)19-14(18)4/h7-11,15,20H,6H2,1-5H3. The molecule has 0 aliphatic carbocycles. The number of hydrogen-bond donors (Lipinski definition) is 1. The summed E-state index contributed by atoms with van der Waals surface area (Å²) in [7, 11) is 0. The van der Waals surface area contributed by atoms with Gasteiger partial charge in [0.25, 0.3) is 0 Å². The van der Waals surface area contributed by atoms with E-state index in [-0.39, 0.29) is 6.04 Å². The normalized spacial score (nSPS) is 12.0. The molecule has 1 unspecified atom stereocenters. The third-order valence-corrected chi connectivity index (χ3v) is 3.57. The van der Waals surface area contributed by atoms with Gasteiger partial charge in [0.1, 0.15) is 5.75 Å². The zero-order valence-electron chi connectivity index (χ0n) is 13.5. The van der Waals surface area contributed by atoms with Gasteiger partial charge in [-0.05, 0) is 76.1 Å². The van der Waals surface area contributed by atoms with Gasteiger partial charge in [-0.1, -0.05) is 0 Å². The van der Waals surface area contributed by atoms with Gasteiger partial charge in [-0.2, -0.15) is 0 Å². The topological polar surface area (TPSA) is 34.1 Å². The van der Waals surface area contributed by atoms with Gasteiger partial charge in [-0.25, -0.2) is 0 Å². The van der Waals surface area contributed by atoms with Gasteiger partial charge in [0, 0.05) is 17.1 Å². The molecular formula is C18H24N2O. The molecule has 0 saturated heterocycles. The summed E-state index contributed by atoms with van der Waals surface area (Å²) in [5, 5.41) is 3.53. The lowest BCUT2D eigenvalue weighted by Crippen LogP contribution is -2.11. The molecule has 1 aromatic heterocycles. The Kier molecular flexibility index (Phi) is 4.84. The first-order valence-corrected chi connectivity index (χ1v) is 7.45. The fourth-order valence-electron chi connectivity index (χ4n) is 2.82. The minimum Gasteiger partial charge on any atom is -0.494 e. The fraction of sp³-hybridized carbons (Fsp3) is 0.389. The number of nitrogens with one attached hydrogen (secondary N) is 1. The Labute approximate surface area is 127 Å². The Bertz CT molecular complexity index is 582. The smallest absolute Gasteiger partial charge is 0.119 e. The zero-order valence-corrected chi connectivity index (χ0v) is 13.5. The summed E-state index contributed by atoms with van der Waals surface area (Å²) in [6.45, 7) is 11.1. The van der Waals surface area contributed by atoms with E-state index in [1.807, 2.05) is 38.1 Å². The maximum Gasteiger partial charge on any atom is 0.119 e. The SMILES string of the molecule is CCOc1ccc(NC(C)c2c(C)cc(C)nc2C)cc1. The number of anilines is 1. The maximum absolute atomic E-state index is 5.46. The number of hydrogen-bond acceptors (Lipinski definition) is 3. The van der Waals surface area contributed by atoms with Crippen LogP contribution in [-0.4, -0.2) is 11.6 Å². The lowest BCUT2D eigenvalue weighted by Gasteiger charge is -2.20. The molecule has 2 aromatic rings. The second-order valence-electron chi connectivity index (χ2n) is 5.40. The van der Waals surface area contributed by atoms with Crippen molar-refractivity contribution in [1.82, 2.24) is 4.98 Å². The van der Waals surface area contributed by atoms with Crippen LogP contribution in [0.3, 0.4) is 0 Å². The average Bonchev–Trinajstić information content (AvgIpc) is 2.40. The first-order valence-electron chi connectivity index (χ1n) is 7.45. The van der Waals surface area contributed by atoms with E-state index >= 15 is 0 Å². The van der Waals surface area contributed by atoms with Crippen LogP contribution in [0.4, 0.5) is 5.69 Å². The summed E-state index contributed by atoms with van der Waals surface area (Å²) >= 11 is 0. The molecule has 0 radical (unpaired) electrons. The van der Waals surface area contributed by atoms with E-state index < -0.39 is 0 Å². The highest BCUT2D eigenvalue weighted by atomic mass is 16.5. The molecule has 0 spiro atoms. The Morgan fingerprint density at radius 1 is 1.14 bits per heavy atom. The number of nitrogens with zero attached hydrogens (tertiary/aromatic N) is 1. The van der Waals surface area contributed by atoms with E-state index in [0.29, 0.717) is 6.61 Å². The highest BCUT2D eigenvalue weighted by molar-refractivity contribution is 5.49. The Balaban J connectivity index is 2.16. The van der Waals surface area contributed by atoms with Crippen molar-refractivity contribution < 1.29 is 4.74 Å². The van der Waals surface area contributed by atoms with Crippen molar-refractivity contribution in [3.8, 4) is 5.75 Å². The van der Waals surface area contributed by atoms with Crippen LogP contribution in [0.5, 0.6) is 5.75 Å². The van der Waals surface area contributed by atoms with Crippen LogP contribution < -0.4 is 10.1 Å². The van der Waals surface area contributed by atoms with E-state index in [0.717, 1.165) is 22.8 Å². The first kappa shape index (κ1) is 15.4. The van der Waals surface area contributed by atoms with Crippen LogP contribution in [0.15, 0.2) is 30.3 Å². The van der Waals surface area contributed by atoms with Crippen molar-refractivity contribution in [2.24, 2.45) is 0 Å². The second-order valence-corrected chi connectivity index (χ2v) is 5.40. The highest BCUT2D eigenvalue weighted by Gasteiger charge is 2.13. The van der Waals surface area contributed by atoms with Crippen molar-refractivity contribution in [1.29, 1.82) is 0 Å². The molecule has 112 valence electrons. The van der Waals surface area contributed by atoms with Gasteiger partial charge in [0.2, 0.25) is 0 Å². The van der Waals surface area contributed by atoms with Crippen molar-refractivity contribution in [3.05, 3.63) is 52.8 Å². The van der Waals surface area contributed by atoms with Crippen LogP contribution in [0.1, 0.15) is 42.4 Å². The summed E-state index contributed by atoms with van der Waals surface area (Å²) in [5.74, 6) is 0.903. The molecule has 1 N–H and O–H groups in total. The van der Waals surface area contributed by atoms with E-state index in [9.17, 15) is 0 Å². The Hall–Kier alpha value is -2.03. The Morgan fingerprint density at radius 2 is 1.81 bits per heavy atom. The van der Waals surface area contributed by atoms with Gasteiger partial charge < -0.3 is 10.1 Å². The van der Waals surface area contributed by atoms with Crippen molar-refractivity contribution in [3.63, 3.8) is 0 Å². The van der Waals surface area contributed by atoms with Crippen LogP contribution >= 0.6 is 0 Å². The first-order chi connectivity index (χ1) is 10.0.